The number of carbonyl (C=O) groups is 2. The van der Waals surface area contributed by atoms with Crippen molar-refractivity contribution in [3.8, 4) is 0 Å². The van der Waals surface area contributed by atoms with Crippen LogP contribution >= 0.6 is 0 Å². The van der Waals surface area contributed by atoms with E-state index in [1.807, 2.05) is 50.2 Å². The van der Waals surface area contributed by atoms with Gasteiger partial charge in [0.05, 0.1) is 0 Å². The summed E-state index contributed by atoms with van der Waals surface area (Å²) in [4.78, 5) is 23.9. The third kappa shape index (κ3) is 1.73. The van der Waals surface area contributed by atoms with Crippen LogP contribution in [0.1, 0.15) is 16.7 Å². The van der Waals surface area contributed by atoms with Crippen LogP contribution in [0.15, 0.2) is 46.6 Å². The minimum atomic E-state index is -2.42. The van der Waals surface area contributed by atoms with Gasteiger partial charge in [0, 0.05) is 10.9 Å². The highest BCUT2D eigenvalue weighted by molar-refractivity contribution is 6.21. The monoisotopic (exact) mass is 334 g/mol. The maximum Gasteiger partial charge on any atom is 0.350 e. The summed E-state index contributed by atoms with van der Waals surface area (Å²) in [7, 11) is 0. The fourth-order valence-electron chi connectivity index (χ4n) is 3.56. The summed E-state index contributed by atoms with van der Waals surface area (Å²) in [6.45, 7) is 3.77. The van der Waals surface area contributed by atoms with E-state index in [-0.39, 0.29) is 5.56 Å². The molecule has 0 bridgehead atoms. The number of azo groups is 1. The summed E-state index contributed by atoms with van der Waals surface area (Å²) in [5, 5.41) is 30.2. The number of aryl methyl sites for hydroxylation is 2. The number of hydrogen-bond donors (Lipinski definition) is 2. The lowest BCUT2D eigenvalue weighted by molar-refractivity contribution is -0.157. The first-order chi connectivity index (χ1) is 11.9. The Morgan fingerprint density at radius 3 is 2.20 bits per heavy atom. The largest absolute Gasteiger partial charge is 0.479 e. The molecule has 25 heavy (non-hydrogen) atoms. The van der Waals surface area contributed by atoms with Gasteiger partial charge in [-0.05, 0) is 41.1 Å². The van der Waals surface area contributed by atoms with E-state index in [0.29, 0.717) is 16.5 Å². The molecule has 0 spiro atoms. The van der Waals surface area contributed by atoms with Gasteiger partial charge < -0.3 is 10.2 Å². The fourth-order valence-corrected chi connectivity index (χ4v) is 3.56. The van der Waals surface area contributed by atoms with Crippen molar-refractivity contribution >= 4 is 39.2 Å². The SMILES string of the molecule is Cc1ccc2c(c1C)c1c(c3ccccc32)N=NC1(C(=O)O)C(=O)O. The molecule has 124 valence electrons. The first kappa shape index (κ1) is 15.3. The molecule has 3 aromatic carbocycles. The molecule has 2 N–H and O–H groups in total. The summed E-state index contributed by atoms with van der Waals surface area (Å²) in [5.74, 6) is -3.08. The van der Waals surface area contributed by atoms with E-state index in [4.69, 9.17) is 0 Å². The Morgan fingerprint density at radius 1 is 0.920 bits per heavy atom. The quantitative estimate of drug-likeness (QED) is 0.545. The van der Waals surface area contributed by atoms with Gasteiger partial charge in [-0.1, -0.05) is 36.4 Å². The zero-order valence-electron chi connectivity index (χ0n) is 13.6. The molecule has 1 heterocycles. The summed E-state index contributed by atoms with van der Waals surface area (Å²) in [6, 6.07) is 11.3. The van der Waals surface area contributed by atoms with Crippen LogP contribution in [0.25, 0.3) is 21.5 Å². The molecule has 1 aliphatic heterocycles. The van der Waals surface area contributed by atoms with Crippen LogP contribution in [0, 0.1) is 13.8 Å². The second-order valence-electron chi connectivity index (χ2n) is 6.22. The Kier molecular flexibility index (Phi) is 2.97. The van der Waals surface area contributed by atoms with E-state index < -0.39 is 17.5 Å². The summed E-state index contributed by atoms with van der Waals surface area (Å²) in [6.07, 6.45) is 0. The van der Waals surface area contributed by atoms with Crippen LogP contribution < -0.4 is 0 Å². The van der Waals surface area contributed by atoms with E-state index in [9.17, 15) is 19.8 Å². The van der Waals surface area contributed by atoms with Crippen molar-refractivity contribution in [3.63, 3.8) is 0 Å². The van der Waals surface area contributed by atoms with Crippen molar-refractivity contribution in [1.82, 2.24) is 0 Å². The number of hydrogen-bond acceptors (Lipinski definition) is 4. The first-order valence-electron chi connectivity index (χ1n) is 7.74. The van der Waals surface area contributed by atoms with Crippen molar-refractivity contribution in [3.05, 3.63) is 53.1 Å². The number of rotatable bonds is 2. The average molecular weight is 334 g/mol. The van der Waals surface area contributed by atoms with Gasteiger partial charge in [-0.3, -0.25) is 0 Å². The van der Waals surface area contributed by atoms with E-state index >= 15 is 0 Å². The van der Waals surface area contributed by atoms with E-state index in [0.717, 1.165) is 21.9 Å². The van der Waals surface area contributed by atoms with Gasteiger partial charge in [0.2, 0.25) is 0 Å². The first-order valence-corrected chi connectivity index (χ1v) is 7.74. The third-order valence-electron chi connectivity index (χ3n) is 4.98. The highest BCUT2D eigenvalue weighted by Gasteiger charge is 2.55. The molecule has 1 aliphatic rings. The molecule has 0 radical (unpaired) electrons. The molecule has 0 saturated carbocycles. The number of nitrogens with zero attached hydrogens (tertiary/aromatic N) is 2. The highest BCUT2D eigenvalue weighted by Crippen LogP contribution is 2.50. The smallest absolute Gasteiger partial charge is 0.350 e. The van der Waals surface area contributed by atoms with Gasteiger partial charge >= 0.3 is 17.5 Å². The molecule has 3 aromatic rings. The Balaban J connectivity index is 2.36. The predicted molar refractivity (Wildman–Crippen MR) is 92.4 cm³/mol. The highest BCUT2D eigenvalue weighted by atomic mass is 16.4. The molecule has 0 saturated heterocycles. The van der Waals surface area contributed by atoms with Crippen LogP contribution in [0.5, 0.6) is 0 Å². The Morgan fingerprint density at radius 2 is 1.56 bits per heavy atom. The fraction of sp³-hybridized carbons (Fsp3) is 0.158. The van der Waals surface area contributed by atoms with Crippen molar-refractivity contribution in [2.45, 2.75) is 19.4 Å². The molecule has 0 atom stereocenters. The topological polar surface area (TPSA) is 99.3 Å². The van der Waals surface area contributed by atoms with Crippen molar-refractivity contribution in [1.29, 1.82) is 0 Å². The summed E-state index contributed by atoms with van der Waals surface area (Å²) >= 11 is 0. The average Bonchev–Trinajstić information content (AvgIpc) is 2.99. The van der Waals surface area contributed by atoms with Crippen molar-refractivity contribution in [2.75, 3.05) is 0 Å². The number of aliphatic carboxylic acids is 2. The number of carboxylic acid groups (broad SMARTS) is 2. The lowest BCUT2D eigenvalue weighted by Gasteiger charge is -2.21. The number of fused-ring (bicyclic) bond motifs is 6. The van der Waals surface area contributed by atoms with Gasteiger partial charge in [-0.2, -0.15) is 10.2 Å². The van der Waals surface area contributed by atoms with E-state index in [1.165, 1.54) is 0 Å². The van der Waals surface area contributed by atoms with Gasteiger partial charge in [0.25, 0.3) is 0 Å². The molecule has 0 aromatic heterocycles. The van der Waals surface area contributed by atoms with Gasteiger partial charge in [-0.15, -0.1) is 0 Å². The Bertz CT molecular complexity index is 1120. The van der Waals surface area contributed by atoms with Gasteiger partial charge in [0.1, 0.15) is 5.69 Å². The molecule has 0 aliphatic carbocycles. The molecule has 4 rings (SSSR count). The van der Waals surface area contributed by atoms with Crippen molar-refractivity contribution < 1.29 is 19.8 Å². The normalized spacial score (nSPS) is 14.8. The standard InChI is InChI=1S/C19H14N2O4/c1-9-7-8-12-11-5-3-4-6-13(11)16-15(14(12)10(9)2)19(17(22)23,18(24)25)21-20-16/h3-8H,1-2H3,(H,22,23)(H,24,25). The number of benzene rings is 3. The van der Waals surface area contributed by atoms with E-state index in [1.54, 1.807) is 0 Å². The Labute approximate surface area is 142 Å². The lowest BCUT2D eigenvalue weighted by Crippen LogP contribution is -2.40. The van der Waals surface area contributed by atoms with Crippen LogP contribution in [-0.2, 0) is 15.1 Å². The minimum Gasteiger partial charge on any atom is -0.479 e. The maximum atomic E-state index is 12.0. The van der Waals surface area contributed by atoms with Crippen LogP contribution in [-0.4, -0.2) is 22.2 Å². The predicted octanol–water partition coefficient (Wildman–Crippen LogP) is 4.07. The van der Waals surface area contributed by atoms with Crippen LogP contribution in [0.2, 0.25) is 0 Å². The molecule has 0 unspecified atom stereocenters. The maximum absolute atomic E-state index is 12.0. The summed E-state index contributed by atoms with van der Waals surface area (Å²) < 4.78 is 0. The third-order valence-corrected chi connectivity index (χ3v) is 4.98. The van der Waals surface area contributed by atoms with Gasteiger partial charge in [0.15, 0.2) is 0 Å². The second-order valence-corrected chi connectivity index (χ2v) is 6.22. The molecule has 0 amide bonds. The molecule has 0 fully saturated rings. The van der Waals surface area contributed by atoms with Crippen LogP contribution in [0.3, 0.4) is 0 Å². The molecule has 6 nitrogen and oxygen atoms in total. The molecular weight excluding hydrogens is 320 g/mol. The van der Waals surface area contributed by atoms with E-state index in [2.05, 4.69) is 10.2 Å². The minimum absolute atomic E-state index is 0.141. The second kappa shape index (κ2) is 4.86. The van der Waals surface area contributed by atoms with Gasteiger partial charge in [-0.25, -0.2) is 9.59 Å². The zero-order valence-corrected chi connectivity index (χ0v) is 13.6. The van der Waals surface area contributed by atoms with Crippen LogP contribution in [0.4, 0.5) is 5.69 Å². The lowest BCUT2D eigenvalue weighted by atomic mass is 9.82. The summed E-state index contributed by atoms with van der Waals surface area (Å²) in [5.41, 5.74) is -0.180. The zero-order chi connectivity index (χ0) is 17.9. The molecular formula is C19H14N2O4. The number of carboxylic acids is 2. The van der Waals surface area contributed by atoms with Crippen molar-refractivity contribution in [2.24, 2.45) is 10.2 Å². The molecule has 6 heteroatoms. The Hall–Kier alpha value is -3.28.